The van der Waals surface area contributed by atoms with E-state index in [0.29, 0.717) is 108 Å². The summed E-state index contributed by atoms with van der Waals surface area (Å²) in [4.78, 5) is 133. The summed E-state index contributed by atoms with van der Waals surface area (Å²) < 4.78 is 0. The van der Waals surface area contributed by atoms with Crippen LogP contribution in [0.3, 0.4) is 0 Å². The Labute approximate surface area is 805 Å². The van der Waals surface area contributed by atoms with Gasteiger partial charge in [-0.25, -0.2) is 49.8 Å². The van der Waals surface area contributed by atoms with Crippen molar-refractivity contribution in [2.75, 3.05) is 155 Å². The van der Waals surface area contributed by atoms with Gasteiger partial charge in [-0.15, -0.1) is 0 Å². The Bertz CT molecular complexity index is 6790. The Morgan fingerprint density at radius 1 is 0.307 bits per heavy atom. The number of fused-ring (bicyclic) bond motifs is 5. The number of piperazine rings is 5. The number of rotatable bonds is 17. The second-order valence-corrected chi connectivity index (χ2v) is 34.5. The van der Waals surface area contributed by atoms with E-state index in [1.165, 1.54) is 82.2 Å². The Morgan fingerprint density at radius 3 is 1.01 bits per heavy atom. The van der Waals surface area contributed by atoms with Crippen LogP contribution in [0, 0.1) is 0 Å². The standard InChI is InChI=1S/C24H24N4O.C23H24N4O.C21H20N4O.2C20H18ClN5O/c1-2-23(29)27-10-12-28(13-11-27)24-21-14-19(18-8-9-18)20(15-22(21)25-16-26-24)17-6-4-3-5-7-17;1-3-17-14-20-21(15-19(17)18-8-6-5-7-9-18)24-16-25-23(20)27-12-10-26(11-13-27)22(28)4-2;1-2-20(26)24-10-12-25(13-11-24)21-18-9-8-17(14-19(18)22-15-23-21)16-6-4-3-5-7-16;1-2-19(27)25-6-8-26(9-7-25)20-16-10-17(21)15(11-18(16)23-13-24-20)14-4-3-5-22-12-14;1-2-19(27)25-7-9-26(10-8-25)20-15-11-16(21)14(12-18(15)23-13-24-20)17-5-3-4-6-22-17/h2-7,14-16,18H,1,8-13H2;4-9,14-16H,2-3,10-13H2,1H3;2-9,14-15H,1,10-13H2;2-5,10-13H,1,6-9H2;2-6,11-13H,1,7-10H2. The molecule has 12 heterocycles. The van der Waals surface area contributed by atoms with Gasteiger partial charge < -0.3 is 49.0 Å². The first-order valence-electron chi connectivity index (χ1n) is 46.0. The summed E-state index contributed by atoms with van der Waals surface area (Å²) >= 11 is 13.1. The third kappa shape index (κ3) is 21.5. The van der Waals surface area contributed by atoms with Gasteiger partial charge >= 0.3 is 0 Å². The molecule has 0 spiro atoms. The number of halogens is 2. The van der Waals surface area contributed by atoms with Crippen LogP contribution in [0.4, 0.5) is 29.1 Å². The Hall–Kier alpha value is -15.6. The van der Waals surface area contributed by atoms with E-state index in [1.807, 2.05) is 93.6 Å². The molecule has 1 aliphatic carbocycles. The number of hydrogen-bond donors (Lipinski definition) is 0. The molecule has 137 heavy (non-hydrogen) atoms. The van der Waals surface area contributed by atoms with Gasteiger partial charge in [0.05, 0.1) is 38.3 Å². The number of carbonyl (C=O) groups excluding carboxylic acids is 5. The molecule has 5 saturated heterocycles. The van der Waals surface area contributed by atoms with Gasteiger partial charge in [0.25, 0.3) is 0 Å². The molecule has 27 nitrogen and oxygen atoms in total. The summed E-state index contributed by atoms with van der Waals surface area (Å²) in [6.45, 7) is 34.0. The smallest absolute Gasteiger partial charge is 0.246 e. The Kier molecular flexibility index (Phi) is 29.7. The molecule has 5 amide bonds. The maximum absolute atomic E-state index is 11.9. The molecule has 15 aromatic rings. The fourth-order valence-corrected chi connectivity index (χ4v) is 18.6. The summed E-state index contributed by atoms with van der Waals surface area (Å²) in [6, 6.07) is 63.8. The van der Waals surface area contributed by atoms with E-state index in [1.54, 1.807) is 60.0 Å². The summed E-state index contributed by atoms with van der Waals surface area (Å²) in [6.07, 6.45) is 23.6. The monoisotopic (exact) mass is 1860 g/mol. The quantitative estimate of drug-likeness (QED) is 0.0766. The van der Waals surface area contributed by atoms with E-state index in [-0.39, 0.29) is 29.5 Å². The molecule has 0 N–H and O–H groups in total. The van der Waals surface area contributed by atoms with E-state index in [4.69, 9.17) is 23.2 Å². The van der Waals surface area contributed by atoms with E-state index >= 15 is 0 Å². The van der Waals surface area contributed by atoms with Crippen LogP contribution in [-0.4, -0.2) is 245 Å². The van der Waals surface area contributed by atoms with E-state index < -0.39 is 0 Å². The normalized spacial score (nSPS) is 14.9. The second-order valence-electron chi connectivity index (χ2n) is 33.7. The van der Waals surface area contributed by atoms with E-state index in [9.17, 15) is 24.0 Å². The molecule has 0 unspecified atom stereocenters. The topological polar surface area (TPSA) is 272 Å². The van der Waals surface area contributed by atoms with Crippen molar-refractivity contribution in [3.63, 3.8) is 0 Å². The lowest BCUT2D eigenvalue weighted by molar-refractivity contribution is -0.127. The molecule has 6 fully saturated rings. The lowest BCUT2D eigenvalue weighted by atomic mass is 9.94. The van der Waals surface area contributed by atoms with Crippen LogP contribution in [0.2, 0.25) is 10.0 Å². The molecule has 0 bridgehead atoms. The molecular formula is C108H104Cl2N22O5. The largest absolute Gasteiger partial charge is 0.352 e. The number of aromatic nitrogens is 12. The average molecular weight is 1860 g/mol. The van der Waals surface area contributed by atoms with E-state index in [2.05, 4.69) is 233 Å². The Balaban J connectivity index is 0.000000119. The zero-order chi connectivity index (χ0) is 94.8. The van der Waals surface area contributed by atoms with Crippen molar-refractivity contribution in [2.24, 2.45) is 0 Å². The number of amides is 5. The lowest BCUT2D eigenvalue weighted by Crippen LogP contribution is -2.48. The van der Waals surface area contributed by atoms with Crippen LogP contribution in [0.1, 0.15) is 36.8 Å². The highest BCUT2D eigenvalue weighted by Gasteiger charge is 2.32. The second kappa shape index (κ2) is 43.6. The first-order chi connectivity index (χ1) is 67.0. The van der Waals surface area contributed by atoms with Crippen LogP contribution in [-0.2, 0) is 30.4 Å². The predicted octanol–water partition coefficient (Wildman–Crippen LogP) is 17.2. The number of aryl methyl sites for hydroxylation is 1. The minimum atomic E-state index is -0.0368. The van der Waals surface area contributed by atoms with Gasteiger partial charge in [0, 0.05) is 198 Å². The summed E-state index contributed by atoms with van der Waals surface area (Å²) in [5.41, 5.74) is 17.9. The average Bonchev–Trinajstić information content (AvgIpc) is 1.75. The number of anilines is 5. The van der Waals surface area contributed by atoms with Crippen molar-refractivity contribution >= 4 is 136 Å². The number of pyridine rings is 2. The highest BCUT2D eigenvalue weighted by Crippen LogP contribution is 2.47. The Morgan fingerprint density at radius 2 is 0.642 bits per heavy atom. The summed E-state index contributed by atoms with van der Waals surface area (Å²) in [7, 11) is 0. The van der Waals surface area contributed by atoms with Gasteiger partial charge in [0.1, 0.15) is 60.7 Å². The van der Waals surface area contributed by atoms with Crippen LogP contribution in [0.25, 0.3) is 110 Å². The third-order valence-electron chi connectivity index (χ3n) is 25.6. The molecule has 7 aromatic heterocycles. The third-order valence-corrected chi connectivity index (χ3v) is 26.2. The van der Waals surface area contributed by atoms with Crippen molar-refractivity contribution in [1.82, 2.24) is 84.3 Å². The van der Waals surface area contributed by atoms with Crippen LogP contribution in [0.5, 0.6) is 0 Å². The highest BCUT2D eigenvalue weighted by atomic mass is 35.5. The minimum Gasteiger partial charge on any atom is -0.352 e. The van der Waals surface area contributed by atoms with Crippen LogP contribution in [0.15, 0.2) is 302 Å². The molecule has 6 aliphatic rings. The molecule has 21 rings (SSSR count). The molecular weight excluding hydrogens is 1760 g/mol. The summed E-state index contributed by atoms with van der Waals surface area (Å²) in [5.74, 6) is 5.07. The van der Waals surface area contributed by atoms with Gasteiger partial charge in [-0.2, -0.15) is 0 Å². The SMILES string of the molecule is C=CC(=O)N1CCN(c2ncnc3cc(-c4ccccc4)c(C4CC4)cc23)CC1.C=CC(=O)N1CCN(c2ncnc3cc(-c4ccccc4)c(CC)cc23)CC1.C=CC(=O)N1CCN(c2ncnc3cc(-c4ccccc4)ccc23)CC1.C=CC(=O)N1CCN(c2ncnc3cc(-c4ccccn4)c(Cl)cc23)CC1.C=CC(=O)N1CCN(c2ncnc3cc(-c4cccnc4)c(Cl)cc23)CC1. The van der Waals surface area contributed by atoms with Crippen molar-refractivity contribution in [2.45, 2.75) is 32.1 Å². The van der Waals surface area contributed by atoms with Crippen LogP contribution >= 0.6 is 23.2 Å². The number of benzene rings is 8. The molecule has 690 valence electrons. The molecule has 0 radical (unpaired) electrons. The molecule has 0 atom stereocenters. The maximum atomic E-state index is 11.9. The fourth-order valence-electron chi connectivity index (χ4n) is 18.1. The maximum Gasteiger partial charge on any atom is 0.246 e. The predicted molar refractivity (Wildman–Crippen MR) is 547 cm³/mol. The highest BCUT2D eigenvalue weighted by molar-refractivity contribution is 6.35. The zero-order valence-corrected chi connectivity index (χ0v) is 77.9. The van der Waals surface area contributed by atoms with Gasteiger partial charge in [-0.1, -0.05) is 172 Å². The van der Waals surface area contributed by atoms with Gasteiger partial charge in [-0.05, 0) is 179 Å². The fraction of sp³-hybridized carbons (Fsp3) is 0.231. The molecule has 5 aliphatic heterocycles. The van der Waals surface area contributed by atoms with Gasteiger partial charge in [-0.3, -0.25) is 33.9 Å². The molecule has 29 heteroatoms. The number of hydrogen-bond acceptors (Lipinski definition) is 22. The van der Waals surface area contributed by atoms with E-state index in [0.717, 1.165) is 157 Å². The molecule has 8 aromatic carbocycles. The number of carbonyl (C=O) groups is 5. The van der Waals surface area contributed by atoms with Crippen molar-refractivity contribution in [1.29, 1.82) is 0 Å². The van der Waals surface area contributed by atoms with Gasteiger partial charge in [0.2, 0.25) is 29.5 Å². The first kappa shape index (κ1) is 93.2. The van der Waals surface area contributed by atoms with Crippen molar-refractivity contribution in [3.8, 4) is 55.8 Å². The zero-order valence-electron chi connectivity index (χ0n) is 76.4. The van der Waals surface area contributed by atoms with Crippen molar-refractivity contribution < 1.29 is 24.0 Å². The minimum absolute atomic E-state index is 0.000665. The summed E-state index contributed by atoms with van der Waals surface area (Å²) in [5, 5.41) is 6.25. The van der Waals surface area contributed by atoms with Gasteiger partial charge in [0.15, 0.2) is 0 Å². The first-order valence-corrected chi connectivity index (χ1v) is 46.8. The molecule has 1 saturated carbocycles. The van der Waals surface area contributed by atoms with Crippen molar-refractivity contribution in [3.05, 3.63) is 323 Å². The number of nitrogens with zero attached hydrogens (tertiary/aromatic N) is 22. The lowest BCUT2D eigenvalue weighted by Gasteiger charge is -2.35. The van der Waals surface area contributed by atoms with Crippen LogP contribution < -0.4 is 24.5 Å².